The van der Waals surface area contributed by atoms with E-state index in [0.29, 0.717) is 11.7 Å². The fourth-order valence-electron chi connectivity index (χ4n) is 2.89. The van der Waals surface area contributed by atoms with Crippen molar-refractivity contribution in [1.29, 1.82) is 0 Å². The van der Waals surface area contributed by atoms with E-state index in [-0.39, 0.29) is 17.0 Å². The van der Waals surface area contributed by atoms with Crippen LogP contribution >= 0.6 is 11.6 Å². The van der Waals surface area contributed by atoms with E-state index >= 15 is 0 Å². The van der Waals surface area contributed by atoms with Crippen molar-refractivity contribution in [2.45, 2.75) is 32.2 Å². The highest BCUT2D eigenvalue weighted by Gasteiger charge is 2.19. The Morgan fingerprint density at radius 3 is 2.87 bits per heavy atom. The third-order valence-electron chi connectivity index (χ3n) is 4.12. The Morgan fingerprint density at radius 2 is 2.13 bits per heavy atom. The van der Waals surface area contributed by atoms with Gasteiger partial charge < -0.3 is 9.88 Å². The third kappa shape index (κ3) is 3.45. The number of rotatable bonds is 3. The Labute approximate surface area is 139 Å². The molecule has 0 radical (unpaired) electrons. The van der Waals surface area contributed by atoms with Gasteiger partial charge in [0.25, 0.3) is 11.5 Å². The number of nitrogens with zero attached hydrogens (tertiary/aromatic N) is 2. The lowest BCUT2D eigenvalue weighted by Gasteiger charge is -2.19. The lowest BCUT2D eigenvalue weighted by molar-refractivity contribution is 0.0783. The van der Waals surface area contributed by atoms with Crippen LogP contribution in [-0.4, -0.2) is 27.8 Å². The minimum Gasteiger partial charge on any atom is -0.337 e. The number of aromatic nitrogens is 2. The second kappa shape index (κ2) is 6.54. The van der Waals surface area contributed by atoms with Crippen LogP contribution in [0.2, 0.25) is 5.15 Å². The number of hydrogen-bond acceptors (Lipinski definition) is 3. The molecule has 1 amide bonds. The van der Waals surface area contributed by atoms with Gasteiger partial charge in [-0.15, -0.1) is 0 Å². The smallest absolute Gasteiger partial charge is 0.261 e. The molecule has 0 saturated heterocycles. The van der Waals surface area contributed by atoms with Gasteiger partial charge in [-0.25, -0.2) is 4.98 Å². The summed E-state index contributed by atoms with van der Waals surface area (Å²) in [4.78, 5) is 33.2. The molecule has 0 fully saturated rings. The van der Waals surface area contributed by atoms with Crippen molar-refractivity contribution < 1.29 is 4.79 Å². The molecule has 0 atom stereocenters. The monoisotopic (exact) mass is 331 g/mol. The van der Waals surface area contributed by atoms with Gasteiger partial charge in [0.05, 0.1) is 0 Å². The van der Waals surface area contributed by atoms with Gasteiger partial charge in [0.2, 0.25) is 0 Å². The van der Waals surface area contributed by atoms with Crippen molar-refractivity contribution >= 4 is 17.5 Å². The summed E-state index contributed by atoms with van der Waals surface area (Å²) in [6, 6.07) is 5.25. The Morgan fingerprint density at radius 1 is 1.35 bits per heavy atom. The summed E-state index contributed by atoms with van der Waals surface area (Å²) in [5, 5.41) is 0.411. The number of carbonyl (C=O) groups excluding carboxylic acids is 1. The molecule has 2 heterocycles. The molecule has 5 nitrogen and oxygen atoms in total. The molecule has 0 aliphatic heterocycles. The first-order valence-corrected chi connectivity index (χ1v) is 8.03. The molecule has 0 aromatic carbocycles. The molecular weight excluding hydrogens is 314 g/mol. The van der Waals surface area contributed by atoms with Gasteiger partial charge in [-0.3, -0.25) is 9.59 Å². The summed E-state index contributed by atoms with van der Waals surface area (Å²) in [5.41, 5.74) is 2.81. The molecule has 1 N–H and O–H groups in total. The normalized spacial score (nSPS) is 13.5. The fourth-order valence-corrected chi connectivity index (χ4v) is 3.00. The van der Waals surface area contributed by atoms with Crippen molar-refractivity contribution in [1.82, 2.24) is 14.9 Å². The minimum absolute atomic E-state index is 0.204. The van der Waals surface area contributed by atoms with Crippen LogP contribution in [0.5, 0.6) is 0 Å². The maximum Gasteiger partial charge on any atom is 0.261 e. The summed E-state index contributed by atoms with van der Waals surface area (Å²) in [7, 11) is 1.68. The van der Waals surface area contributed by atoms with Crippen LogP contribution in [0.1, 0.15) is 40.0 Å². The zero-order chi connectivity index (χ0) is 16.4. The molecule has 0 bridgehead atoms. The number of fused-ring (bicyclic) bond motifs is 1. The summed E-state index contributed by atoms with van der Waals surface area (Å²) in [5.74, 6) is -0.283. The number of hydrogen-bond donors (Lipinski definition) is 1. The van der Waals surface area contributed by atoms with Gasteiger partial charge >= 0.3 is 0 Å². The van der Waals surface area contributed by atoms with Crippen LogP contribution in [0, 0.1) is 0 Å². The summed E-state index contributed by atoms with van der Waals surface area (Å²) >= 11 is 5.76. The third-order valence-corrected chi connectivity index (χ3v) is 4.35. The van der Waals surface area contributed by atoms with Crippen LogP contribution in [0.25, 0.3) is 0 Å². The summed E-state index contributed by atoms with van der Waals surface area (Å²) in [6.07, 6.45) is 5.60. The van der Waals surface area contributed by atoms with E-state index in [1.807, 2.05) is 6.07 Å². The summed E-state index contributed by atoms with van der Waals surface area (Å²) < 4.78 is 0. The zero-order valence-electron chi connectivity index (χ0n) is 12.9. The van der Waals surface area contributed by atoms with E-state index in [9.17, 15) is 9.59 Å². The Bertz CT molecular complexity index is 783. The highest BCUT2D eigenvalue weighted by Crippen LogP contribution is 2.19. The van der Waals surface area contributed by atoms with E-state index in [0.717, 1.165) is 42.5 Å². The number of nitrogens with one attached hydrogen (secondary N) is 1. The summed E-state index contributed by atoms with van der Waals surface area (Å²) in [6.45, 7) is 0.375. The van der Waals surface area contributed by atoms with Crippen LogP contribution < -0.4 is 5.56 Å². The van der Waals surface area contributed by atoms with Crippen LogP contribution in [-0.2, 0) is 19.4 Å². The molecular formula is C17H18ClN3O2. The number of aryl methyl sites for hydroxylation is 2. The number of pyridine rings is 2. The topological polar surface area (TPSA) is 66.1 Å². The maximum atomic E-state index is 12.6. The number of carbonyl (C=O) groups is 1. The van der Waals surface area contributed by atoms with Gasteiger partial charge in [-0.2, -0.15) is 0 Å². The average Bonchev–Trinajstić information content (AvgIpc) is 2.55. The molecule has 0 unspecified atom stereocenters. The van der Waals surface area contributed by atoms with Crippen LogP contribution in [0.3, 0.4) is 0 Å². The molecule has 6 heteroatoms. The average molecular weight is 332 g/mol. The molecule has 1 aliphatic rings. The molecule has 2 aromatic heterocycles. The standard InChI is InChI=1S/C17H18ClN3O2/c1-21(10-11-6-7-15(18)19-9-11)17(23)13-8-12-4-2-3-5-14(12)20-16(13)22/h6-9H,2-5,10H2,1H3,(H,20,22). The maximum absolute atomic E-state index is 12.6. The SMILES string of the molecule is CN(Cc1ccc(Cl)nc1)C(=O)c1cc2c([nH]c1=O)CCCC2. The molecule has 0 saturated carbocycles. The van der Waals surface area contributed by atoms with Crippen molar-refractivity contribution in [3.63, 3.8) is 0 Å². The van der Waals surface area contributed by atoms with Crippen LogP contribution in [0.4, 0.5) is 0 Å². The van der Waals surface area contributed by atoms with Gasteiger partial charge in [0.15, 0.2) is 0 Å². The van der Waals surface area contributed by atoms with Crippen molar-refractivity contribution in [3.8, 4) is 0 Å². The number of aromatic amines is 1. The zero-order valence-corrected chi connectivity index (χ0v) is 13.7. The first-order valence-electron chi connectivity index (χ1n) is 7.65. The largest absolute Gasteiger partial charge is 0.337 e. The fraction of sp³-hybridized carbons (Fsp3) is 0.353. The van der Waals surface area contributed by atoms with E-state index < -0.39 is 0 Å². The second-order valence-corrected chi connectivity index (χ2v) is 6.26. The predicted octanol–water partition coefficient (Wildman–Crippen LogP) is 2.57. The van der Waals surface area contributed by atoms with Crippen molar-refractivity contribution in [2.75, 3.05) is 7.05 Å². The first-order chi connectivity index (χ1) is 11.0. The lowest BCUT2D eigenvalue weighted by Crippen LogP contribution is -2.32. The number of halogens is 1. The van der Waals surface area contributed by atoms with Crippen molar-refractivity contribution in [3.05, 3.63) is 62.3 Å². The Kier molecular flexibility index (Phi) is 4.48. The van der Waals surface area contributed by atoms with E-state index in [1.54, 1.807) is 25.4 Å². The lowest BCUT2D eigenvalue weighted by atomic mass is 9.95. The van der Waals surface area contributed by atoms with Gasteiger partial charge in [-0.05, 0) is 48.9 Å². The first kappa shape index (κ1) is 15.7. The van der Waals surface area contributed by atoms with Crippen molar-refractivity contribution in [2.24, 2.45) is 0 Å². The van der Waals surface area contributed by atoms with E-state index in [4.69, 9.17) is 11.6 Å². The Hall–Kier alpha value is -2.14. The second-order valence-electron chi connectivity index (χ2n) is 5.87. The molecule has 1 aliphatic carbocycles. The van der Waals surface area contributed by atoms with Gasteiger partial charge in [0, 0.05) is 25.5 Å². The number of H-pyrrole nitrogens is 1. The van der Waals surface area contributed by atoms with E-state index in [1.165, 1.54) is 4.90 Å². The quantitative estimate of drug-likeness (QED) is 0.879. The molecule has 23 heavy (non-hydrogen) atoms. The molecule has 0 spiro atoms. The number of amides is 1. The van der Waals surface area contributed by atoms with E-state index in [2.05, 4.69) is 9.97 Å². The molecule has 120 valence electrons. The predicted molar refractivity (Wildman–Crippen MR) is 88.7 cm³/mol. The highest BCUT2D eigenvalue weighted by molar-refractivity contribution is 6.29. The van der Waals surface area contributed by atoms with Gasteiger partial charge in [-0.1, -0.05) is 17.7 Å². The molecule has 2 aromatic rings. The highest BCUT2D eigenvalue weighted by atomic mass is 35.5. The minimum atomic E-state index is -0.309. The Balaban J connectivity index is 1.82. The molecule has 3 rings (SSSR count). The van der Waals surface area contributed by atoms with Gasteiger partial charge in [0.1, 0.15) is 10.7 Å². The van der Waals surface area contributed by atoms with Crippen LogP contribution in [0.15, 0.2) is 29.2 Å².